The molecule has 22 heavy (non-hydrogen) atoms. The van der Waals surface area contributed by atoms with Gasteiger partial charge in [0.25, 0.3) is 0 Å². The van der Waals surface area contributed by atoms with Crippen molar-refractivity contribution < 1.29 is 13.2 Å². The van der Waals surface area contributed by atoms with Crippen molar-refractivity contribution >= 4 is 22.4 Å². The summed E-state index contributed by atoms with van der Waals surface area (Å²) in [6, 6.07) is 7.84. The van der Waals surface area contributed by atoms with Gasteiger partial charge in [-0.15, -0.1) is 12.4 Å². The van der Waals surface area contributed by atoms with Gasteiger partial charge < -0.3 is 10.1 Å². The van der Waals surface area contributed by atoms with Crippen LogP contribution in [0.3, 0.4) is 0 Å². The van der Waals surface area contributed by atoms with E-state index in [0.29, 0.717) is 36.7 Å². The largest absolute Gasteiger partial charge is 0.380 e. The second kappa shape index (κ2) is 7.27. The third-order valence-electron chi connectivity index (χ3n) is 4.33. The predicted octanol–water partition coefficient (Wildman–Crippen LogP) is 1.77. The molecule has 7 heteroatoms. The molecular weight excluding hydrogens is 324 g/mol. The van der Waals surface area contributed by atoms with Crippen LogP contribution in [0, 0.1) is 0 Å². The first kappa shape index (κ1) is 17.7. The van der Waals surface area contributed by atoms with Gasteiger partial charge in [-0.3, -0.25) is 0 Å². The van der Waals surface area contributed by atoms with Gasteiger partial charge in [-0.1, -0.05) is 12.1 Å². The van der Waals surface area contributed by atoms with Crippen LogP contribution < -0.4 is 5.32 Å². The molecule has 2 fully saturated rings. The topological polar surface area (TPSA) is 58.6 Å². The summed E-state index contributed by atoms with van der Waals surface area (Å²) in [5.74, 6) is 0. The van der Waals surface area contributed by atoms with Gasteiger partial charge in [0, 0.05) is 32.3 Å². The number of nitrogens with one attached hydrogen (secondary N) is 1. The van der Waals surface area contributed by atoms with Crippen molar-refractivity contribution in [2.75, 3.05) is 20.2 Å². The maximum atomic E-state index is 12.8. The van der Waals surface area contributed by atoms with Gasteiger partial charge in [-0.25, -0.2) is 8.42 Å². The fourth-order valence-corrected chi connectivity index (χ4v) is 4.81. The Bertz CT molecular complexity index is 609. The number of fused-ring (bicyclic) bond motifs is 2. The first-order valence-corrected chi connectivity index (χ1v) is 8.87. The number of rotatable bonds is 4. The highest BCUT2D eigenvalue weighted by molar-refractivity contribution is 7.89. The van der Waals surface area contributed by atoms with Crippen LogP contribution in [0.15, 0.2) is 29.2 Å². The Morgan fingerprint density at radius 3 is 2.82 bits per heavy atom. The monoisotopic (exact) mass is 346 g/mol. The minimum atomic E-state index is -3.41. The molecule has 1 aromatic carbocycles. The number of ether oxygens (including phenoxy) is 1. The van der Waals surface area contributed by atoms with Crippen LogP contribution in [0.5, 0.6) is 0 Å². The van der Waals surface area contributed by atoms with E-state index in [2.05, 4.69) is 5.32 Å². The van der Waals surface area contributed by atoms with E-state index in [1.807, 2.05) is 6.07 Å². The number of nitrogens with zero attached hydrogens (tertiary/aromatic N) is 1. The summed E-state index contributed by atoms with van der Waals surface area (Å²) in [4.78, 5) is 0.370. The van der Waals surface area contributed by atoms with Gasteiger partial charge in [-0.2, -0.15) is 4.31 Å². The minimum absolute atomic E-state index is 0. The van der Waals surface area contributed by atoms with E-state index < -0.39 is 10.0 Å². The van der Waals surface area contributed by atoms with Crippen LogP contribution in [0.25, 0.3) is 0 Å². The Morgan fingerprint density at radius 2 is 2.05 bits per heavy atom. The molecule has 2 aliphatic heterocycles. The molecule has 3 rings (SSSR count). The minimum Gasteiger partial charge on any atom is -0.380 e. The van der Waals surface area contributed by atoms with Crippen LogP contribution in [0.1, 0.15) is 24.8 Å². The van der Waals surface area contributed by atoms with Crippen molar-refractivity contribution in [3.8, 4) is 0 Å². The van der Waals surface area contributed by atoms with Crippen molar-refractivity contribution in [3.05, 3.63) is 29.8 Å². The molecule has 0 radical (unpaired) electrons. The Labute approximate surface area is 138 Å². The molecule has 2 heterocycles. The Morgan fingerprint density at radius 1 is 1.27 bits per heavy atom. The van der Waals surface area contributed by atoms with Crippen LogP contribution in [-0.2, 0) is 21.4 Å². The molecule has 124 valence electrons. The number of methoxy groups -OCH3 is 1. The zero-order valence-corrected chi connectivity index (χ0v) is 14.3. The number of sulfonamides is 1. The van der Waals surface area contributed by atoms with E-state index in [4.69, 9.17) is 4.74 Å². The van der Waals surface area contributed by atoms with E-state index in [1.165, 1.54) is 6.42 Å². The zero-order chi connectivity index (χ0) is 14.9. The molecule has 1 aromatic rings. The molecule has 2 unspecified atom stereocenters. The van der Waals surface area contributed by atoms with Crippen molar-refractivity contribution in [1.82, 2.24) is 9.62 Å². The normalized spacial score (nSPS) is 25.5. The lowest BCUT2D eigenvalue weighted by molar-refractivity contribution is 0.184. The van der Waals surface area contributed by atoms with Gasteiger partial charge in [0.05, 0.1) is 11.5 Å². The standard InChI is InChI=1S/C15H22N2O3S.ClH/c1-20-11-12-3-2-4-15(9-12)21(18,19)17-8-7-13-5-6-14(10-17)16-13;/h2-4,9,13-14,16H,5-8,10-11H2,1H3;1H. The van der Waals surface area contributed by atoms with Gasteiger partial charge in [-0.05, 0) is 37.0 Å². The van der Waals surface area contributed by atoms with Gasteiger partial charge in [0.2, 0.25) is 10.0 Å². The molecule has 1 N–H and O–H groups in total. The van der Waals surface area contributed by atoms with Crippen LogP contribution in [0.2, 0.25) is 0 Å². The Balaban J connectivity index is 0.00000176. The SMILES string of the molecule is COCc1cccc(S(=O)(=O)N2CCC3CCC(C2)N3)c1.Cl. The molecule has 5 nitrogen and oxygen atoms in total. The van der Waals surface area contributed by atoms with Crippen molar-refractivity contribution in [1.29, 1.82) is 0 Å². The zero-order valence-electron chi connectivity index (χ0n) is 12.7. The molecule has 2 aliphatic rings. The average molecular weight is 347 g/mol. The third kappa shape index (κ3) is 3.63. The average Bonchev–Trinajstić information content (AvgIpc) is 2.78. The Hall–Kier alpha value is -0.660. The molecular formula is C15H23ClN2O3S. The summed E-state index contributed by atoms with van der Waals surface area (Å²) < 4.78 is 32.4. The Kier molecular flexibility index (Phi) is 5.85. The summed E-state index contributed by atoms with van der Waals surface area (Å²) in [7, 11) is -1.80. The highest BCUT2D eigenvalue weighted by atomic mass is 35.5. The van der Waals surface area contributed by atoms with Crippen molar-refractivity contribution in [2.24, 2.45) is 0 Å². The van der Waals surface area contributed by atoms with Crippen molar-refractivity contribution in [2.45, 2.75) is 42.8 Å². The van der Waals surface area contributed by atoms with E-state index in [0.717, 1.165) is 18.4 Å². The number of halogens is 1. The summed E-state index contributed by atoms with van der Waals surface area (Å²) in [5, 5.41) is 3.51. The van der Waals surface area contributed by atoms with Crippen LogP contribution >= 0.6 is 12.4 Å². The fraction of sp³-hybridized carbons (Fsp3) is 0.600. The second-order valence-electron chi connectivity index (χ2n) is 5.87. The number of benzene rings is 1. The molecule has 0 aromatic heterocycles. The maximum absolute atomic E-state index is 12.8. The fourth-order valence-electron chi connectivity index (χ4n) is 3.24. The third-order valence-corrected chi connectivity index (χ3v) is 6.19. The van der Waals surface area contributed by atoms with Crippen molar-refractivity contribution in [3.63, 3.8) is 0 Å². The molecule has 0 saturated carbocycles. The van der Waals surface area contributed by atoms with Crippen LogP contribution in [0.4, 0.5) is 0 Å². The van der Waals surface area contributed by atoms with Gasteiger partial charge >= 0.3 is 0 Å². The maximum Gasteiger partial charge on any atom is 0.243 e. The lowest BCUT2D eigenvalue weighted by atomic mass is 10.1. The molecule has 2 saturated heterocycles. The quantitative estimate of drug-likeness (QED) is 0.902. The second-order valence-corrected chi connectivity index (χ2v) is 7.81. The molecule has 0 aliphatic carbocycles. The summed E-state index contributed by atoms with van der Waals surface area (Å²) in [6.45, 7) is 1.61. The molecule has 0 amide bonds. The van der Waals surface area contributed by atoms with Gasteiger partial charge in [0.1, 0.15) is 0 Å². The van der Waals surface area contributed by atoms with Gasteiger partial charge in [0.15, 0.2) is 0 Å². The lowest BCUT2D eigenvalue weighted by Crippen LogP contribution is -2.39. The van der Waals surface area contributed by atoms with E-state index >= 15 is 0 Å². The summed E-state index contributed by atoms with van der Waals surface area (Å²) >= 11 is 0. The molecule has 2 atom stereocenters. The first-order chi connectivity index (χ1) is 10.1. The summed E-state index contributed by atoms with van der Waals surface area (Å²) in [6.07, 6.45) is 3.13. The molecule has 0 spiro atoms. The highest BCUT2D eigenvalue weighted by Crippen LogP contribution is 2.25. The first-order valence-electron chi connectivity index (χ1n) is 7.43. The number of hydrogen-bond donors (Lipinski definition) is 1. The van der Waals surface area contributed by atoms with E-state index in [-0.39, 0.29) is 12.4 Å². The smallest absolute Gasteiger partial charge is 0.243 e. The highest BCUT2D eigenvalue weighted by Gasteiger charge is 2.34. The number of hydrogen-bond acceptors (Lipinski definition) is 4. The molecule has 2 bridgehead atoms. The lowest BCUT2D eigenvalue weighted by Gasteiger charge is -2.23. The summed E-state index contributed by atoms with van der Waals surface area (Å²) in [5.41, 5.74) is 0.882. The van der Waals surface area contributed by atoms with Crippen LogP contribution in [-0.4, -0.2) is 45.0 Å². The predicted molar refractivity (Wildman–Crippen MR) is 87.7 cm³/mol. The van der Waals surface area contributed by atoms with E-state index in [1.54, 1.807) is 29.6 Å². The van der Waals surface area contributed by atoms with E-state index in [9.17, 15) is 8.42 Å².